The van der Waals surface area contributed by atoms with Gasteiger partial charge >= 0.3 is 0 Å². The Morgan fingerprint density at radius 3 is 3.04 bits per heavy atom. The van der Waals surface area contributed by atoms with Crippen molar-refractivity contribution >= 4 is 22.8 Å². The van der Waals surface area contributed by atoms with Gasteiger partial charge in [-0.2, -0.15) is 0 Å². The van der Waals surface area contributed by atoms with Crippen LogP contribution < -0.4 is 10.2 Å². The standard InChI is InChI=1S/C18H23N5O2/c24-18(22-11-15-4-2-8-25-15)13-3-1-7-23(12-13)14-9-16-17(21-10-14)20-6-5-19-16/h5-6,9-10,13,15H,1-4,7-8,11-12H2,(H,22,24). The number of rotatable bonds is 4. The van der Waals surface area contributed by atoms with Crippen molar-refractivity contribution in [3.63, 3.8) is 0 Å². The number of fused-ring (bicyclic) bond motifs is 1. The van der Waals surface area contributed by atoms with Gasteiger partial charge in [0.25, 0.3) is 0 Å². The number of piperidine rings is 1. The zero-order chi connectivity index (χ0) is 17.1. The van der Waals surface area contributed by atoms with E-state index >= 15 is 0 Å². The lowest BCUT2D eigenvalue weighted by atomic mass is 9.96. The third-order valence-corrected chi connectivity index (χ3v) is 5.00. The molecular weight excluding hydrogens is 318 g/mol. The van der Waals surface area contributed by atoms with Crippen LogP contribution in [0.4, 0.5) is 5.69 Å². The Morgan fingerprint density at radius 1 is 1.24 bits per heavy atom. The molecule has 0 spiro atoms. The van der Waals surface area contributed by atoms with Gasteiger partial charge in [0.15, 0.2) is 5.65 Å². The van der Waals surface area contributed by atoms with Gasteiger partial charge in [-0.15, -0.1) is 0 Å². The van der Waals surface area contributed by atoms with Crippen LogP contribution in [0.15, 0.2) is 24.7 Å². The molecule has 1 N–H and O–H groups in total. The molecule has 2 fully saturated rings. The van der Waals surface area contributed by atoms with Crippen molar-refractivity contribution in [2.24, 2.45) is 5.92 Å². The lowest BCUT2D eigenvalue weighted by molar-refractivity contribution is -0.125. The highest BCUT2D eigenvalue weighted by Gasteiger charge is 2.27. The van der Waals surface area contributed by atoms with E-state index in [0.29, 0.717) is 18.7 Å². The van der Waals surface area contributed by atoms with Crippen molar-refractivity contribution in [1.82, 2.24) is 20.3 Å². The van der Waals surface area contributed by atoms with Gasteiger partial charge in [-0.3, -0.25) is 9.78 Å². The van der Waals surface area contributed by atoms with E-state index in [1.165, 1.54) is 0 Å². The van der Waals surface area contributed by atoms with E-state index in [1.807, 2.05) is 12.3 Å². The minimum atomic E-state index is 0.00714. The molecule has 0 aliphatic carbocycles. The largest absolute Gasteiger partial charge is 0.376 e. The smallest absolute Gasteiger partial charge is 0.224 e. The van der Waals surface area contributed by atoms with Crippen molar-refractivity contribution in [3.8, 4) is 0 Å². The van der Waals surface area contributed by atoms with Crippen LogP contribution in [0.3, 0.4) is 0 Å². The Bertz CT molecular complexity index is 747. The SMILES string of the molecule is O=C(NCC1CCCO1)C1CCCN(c2cnc3nccnc3c2)C1. The molecule has 2 aliphatic rings. The second-order valence-corrected chi connectivity index (χ2v) is 6.76. The number of nitrogens with zero attached hydrogens (tertiary/aromatic N) is 4. The maximum atomic E-state index is 12.5. The topological polar surface area (TPSA) is 80.2 Å². The summed E-state index contributed by atoms with van der Waals surface area (Å²) in [6.45, 7) is 3.09. The number of ether oxygens (including phenoxy) is 1. The van der Waals surface area contributed by atoms with Crippen LogP contribution in [0, 0.1) is 5.92 Å². The van der Waals surface area contributed by atoms with Gasteiger partial charge in [0, 0.05) is 38.6 Å². The second kappa shape index (κ2) is 7.31. The number of carbonyl (C=O) groups excluding carboxylic acids is 1. The average molecular weight is 341 g/mol. The molecular formula is C18H23N5O2. The number of aromatic nitrogens is 3. The summed E-state index contributed by atoms with van der Waals surface area (Å²) in [5, 5.41) is 3.07. The maximum Gasteiger partial charge on any atom is 0.224 e. The molecule has 25 heavy (non-hydrogen) atoms. The minimum absolute atomic E-state index is 0.00714. The van der Waals surface area contributed by atoms with Crippen LogP contribution in [0.25, 0.3) is 11.2 Å². The molecule has 2 unspecified atom stereocenters. The van der Waals surface area contributed by atoms with Crippen molar-refractivity contribution < 1.29 is 9.53 Å². The van der Waals surface area contributed by atoms with E-state index in [9.17, 15) is 4.79 Å². The van der Waals surface area contributed by atoms with Gasteiger partial charge < -0.3 is 15.0 Å². The molecule has 4 rings (SSSR count). The Labute approximate surface area is 146 Å². The molecule has 1 amide bonds. The molecule has 0 saturated carbocycles. The molecule has 0 bridgehead atoms. The van der Waals surface area contributed by atoms with E-state index in [-0.39, 0.29) is 17.9 Å². The van der Waals surface area contributed by atoms with Crippen molar-refractivity contribution in [3.05, 3.63) is 24.7 Å². The van der Waals surface area contributed by atoms with Crippen LogP contribution in [0.1, 0.15) is 25.7 Å². The number of anilines is 1. The second-order valence-electron chi connectivity index (χ2n) is 6.76. The minimum Gasteiger partial charge on any atom is -0.376 e. The summed E-state index contributed by atoms with van der Waals surface area (Å²) in [6.07, 6.45) is 9.38. The highest BCUT2D eigenvalue weighted by atomic mass is 16.5. The van der Waals surface area contributed by atoms with Crippen LogP contribution in [-0.4, -0.2) is 53.2 Å². The summed E-state index contributed by atoms with van der Waals surface area (Å²) in [5.74, 6) is 0.140. The highest BCUT2D eigenvalue weighted by Crippen LogP contribution is 2.24. The van der Waals surface area contributed by atoms with Crippen molar-refractivity contribution in [1.29, 1.82) is 0 Å². The first-order chi connectivity index (χ1) is 12.3. The van der Waals surface area contributed by atoms with Gasteiger partial charge in [-0.05, 0) is 31.7 Å². The fourth-order valence-electron chi connectivity index (χ4n) is 3.61. The summed E-state index contributed by atoms with van der Waals surface area (Å²) < 4.78 is 5.58. The first-order valence-electron chi connectivity index (χ1n) is 9.00. The average Bonchev–Trinajstić information content (AvgIpc) is 3.19. The predicted molar refractivity (Wildman–Crippen MR) is 94.3 cm³/mol. The number of amides is 1. The van der Waals surface area contributed by atoms with Crippen LogP contribution in [0.5, 0.6) is 0 Å². The molecule has 0 aromatic carbocycles. The quantitative estimate of drug-likeness (QED) is 0.908. The molecule has 0 radical (unpaired) electrons. The summed E-state index contributed by atoms with van der Waals surface area (Å²) in [4.78, 5) is 27.6. The molecule has 4 heterocycles. The Morgan fingerprint density at radius 2 is 2.16 bits per heavy atom. The van der Waals surface area contributed by atoms with Gasteiger partial charge in [0.1, 0.15) is 5.52 Å². The van der Waals surface area contributed by atoms with Crippen LogP contribution >= 0.6 is 0 Å². The number of pyridine rings is 1. The first kappa shape index (κ1) is 16.2. The summed E-state index contributed by atoms with van der Waals surface area (Å²) in [5.41, 5.74) is 2.43. The Balaban J connectivity index is 1.40. The van der Waals surface area contributed by atoms with Gasteiger partial charge in [-0.1, -0.05) is 0 Å². The summed E-state index contributed by atoms with van der Waals surface area (Å²) >= 11 is 0. The molecule has 7 nitrogen and oxygen atoms in total. The predicted octanol–water partition coefficient (Wildman–Crippen LogP) is 1.54. The maximum absolute atomic E-state index is 12.5. The van der Waals surface area contributed by atoms with Gasteiger partial charge in [0.05, 0.1) is 23.9 Å². The molecule has 2 saturated heterocycles. The molecule has 2 aliphatic heterocycles. The molecule has 2 atom stereocenters. The van der Waals surface area contributed by atoms with E-state index in [2.05, 4.69) is 25.2 Å². The summed E-state index contributed by atoms with van der Waals surface area (Å²) in [7, 11) is 0. The normalized spacial score (nSPS) is 23.8. The number of hydrogen-bond acceptors (Lipinski definition) is 6. The van der Waals surface area contributed by atoms with Crippen LogP contribution in [0.2, 0.25) is 0 Å². The monoisotopic (exact) mass is 341 g/mol. The van der Waals surface area contributed by atoms with E-state index in [1.54, 1.807) is 12.4 Å². The number of carbonyl (C=O) groups is 1. The molecule has 2 aromatic rings. The Hall–Kier alpha value is -2.28. The van der Waals surface area contributed by atoms with Crippen molar-refractivity contribution in [2.45, 2.75) is 31.8 Å². The third-order valence-electron chi connectivity index (χ3n) is 5.00. The van der Waals surface area contributed by atoms with Gasteiger partial charge in [-0.25, -0.2) is 9.97 Å². The number of hydrogen-bond donors (Lipinski definition) is 1. The fourth-order valence-corrected chi connectivity index (χ4v) is 3.61. The summed E-state index contributed by atoms with van der Waals surface area (Å²) in [6, 6.07) is 2.00. The van der Waals surface area contributed by atoms with Gasteiger partial charge in [0.2, 0.25) is 5.91 Å². The molecule has 7 heteroatoms. The van der Waals surface area contributed by atoms with E-state index < -0.39 is 0 Å². The Kier molecular flexibility index (Phi) is 4.74. The number of nitrogens with one attached hydrogen (secondary N) is 1. The lowest BCUT2D eigenvalue weighted by Crippen LogP contribution is -2.44. The molecule has 132 valence electrons. The molecule has 2 aromatic heterocycles. The highest BCUT2D eigenvalue weighted by molar-refractivity contribution is 5.80. The van der Waals surface area contributed by atoms with E-state index in [0.717, 1.165) is 50.0 Å². The van der Waals surface area contributed by atoms with Crippen LogP contribution in [-0.2, 0) is 9.53 Å². The zero-order valence-corrected chi connectivity index (χ0v) is 14.2. The zero-order valence-electron chi connectivity index (χ0n) is 14.2. The van der Waals surface area contributed by atoms with Crippen molar-refractivity contribution in [2.75, 3.05) is 31.1 Å². The fraction of sp³-hybridized carbons (Fsp3) is 0.556. The third kappa shape index (κ3) is 3.71. The van der Waals surface area contributed by atoms with E-state index in [4.69, 9.17) is 4.74 Å². The first-order valence-corrected chi connectivity index (χ1v) is 9.00. The lowest BCUT2D eigenvalue weighted by Gasteiger charge is -2.33.